The normalized spacial score (nSPS) is 19.7. The summed E-state index contributed by atoms with van der Waals surface area (Å²) in [5, 5.41) is 3.34. The molecule has 2 rings (SSSR count). The molecule has 0 amide bonds. The Kier molecular flexibility index (Phi) is 4.92. The van der Waals surface area contributed by atoms with Crippen LogP contribution < -0.4 is 10.1 Å². The number of benzene rings is 1. The lowest BCUT2D eigenvalue weighted by atomic mass is 10.1. The predicted octanol–water partition coefficient (Wildman–Crippen LogP) is 2.41. The molecule has 1 aliphatic rings. The van der Waals surface area contributed by atoms with Crippen molar-refractivity contribution < 1.29 is 4.74 Å². The molecule has 1 atom stereocenters. The number of hydrogen-bond acceptors (Lipinski definition) is 2. The molecule has 1 saturated heterocycles. The largest absolute Gasteiger partial charge is 0.493 e. The molecule has 0 saturated carbocycles. The maximum absolute atomic E-state index is 5.73. The number of hydrogen-bond donors (Lipinski definition) is 1. The average molecular weight is 228 g/mol. The lowest BCUT2D eigenvalue weighted by molar-refractivity contribution is 0.260. The SMILES string of the molecule is Cc1cccc(OCC2CCNC2)c1.Cl. The molecule has 1 fully saturated rings. The van der Waals surface area contributed by atoms with Crippen LogP contribution >= 0.6 is 12.4 Å². The van der Waals surface area contributed by atoms with E-state index in [1.807, 2.05) is 12.1 Å². The molecule has 15 heavy (non-hydrogen) atoms. The molecule has 1 aliphatic heterocycles. The van der Waals surface area contributed by atoms with Crippen molar-refractivity contribution in [2.24, 2.45) is 5.92 Å². The fourth-order valence-corrected chi connectivity index (χ4v) is 1.78. The van der Waals surface area contributed by atoms with Crippen molar-refractivity contribution in [1.29, 1.82) is 0 Å². The molecule has 1 unspecified atom stereocenters. The van der Waals surface area contributed by atoms with Gasteiger partial charge in [-0.25, -0.2) is 0 Å². The van der Waals surface area contributed by atoms with Crippen LogP contribution in [0.25, 0.3) is 0 Å². The molecule has 1 heterocycles. The molecule has 1 aromatic rings. The summed E-state index contributed by atoms with van der Waals surface area (Å²) in [4.78, 5) is 0. The average Bonchev–Trinajstić information content (AvgIpc) is 2.67. The van der Waals surface area contributed by atoms with Gasteiger partial charge < -0.3 is 10.1 Å². The molecule has 0 radical (unpaired) electrons. The van der Waals surface area contributed by atoms with E-state index in [1.165, 1.54) is 12.0 Å². The Morgan fingerprint density at radius 1 is 1.47 bits per heavy atom. The van der Waals surface area contributed by atoms with Crippen molar-refractivity contribution in [1.82, 2.24) is 5.32 Å². The molecule has 2 nitrogen and oxygen atoms in total. The third-order valence-electron chi connectivity index (χ3n) is 2.64. The standard InChI is InChI=1S/C12H17NO.ClH/c1-10-3-2-4-12(7-10)14-9-11-5-6-13-8-11;/h2-4,7,11,13H,5-6,8-9H2,1H3;1H. The first-order valence-corrected chi connectivity index (χ1v) is 5.25. The van der Waals surface area contributed by atoms with Gasteiger partial charge in [-0.15, -0.1) is 12.4 Å². The van der Waals surface area contributed by atoms with E-state index < -0.39 is 0 Å². The van der Waals surface area contributed by atoms with Crippen LogP contribution in [0.4, 0.5) is 0 Å². The van der Waals surface area contributed by atoms with Crippen LogP contribution in [-0.2, 0) is 0 Å². The Morgan fingerprint density at radius 3 is 3.00 bits per heavy atom. The van der Waals surface area contributed by atoms with Crippen LogP contribution in [0.2, 0.25) is 0 Å². The lowest BCUT2D eigenvalue weighted by Crippen LogP contribution is -2.15. The van der Waals surface area contributed by atoms with Gasteiger partial charge >= 0.3 is 0 Å². The third-order valence-corrected chi connectivity index (χ3v) is 2.64. The highest BCUT2D eigenvalue weighted by molar-refractivity contribution is 5.85. The number of nitrogens with one attached hydrogen (secondary N) is 1. The van der Waals surface area contributed by atoms with Crippen LogP contribution in [0, 0.1) is 12.8 Å². The fourth-order valence-electron chi connectivity index (χ4n) is 1.78. The monoisotopic (exact) mass is 227 g/mol. The highest BCUT2D eigenvalue weighted by atomic mass is 35.5. The second kappa shape index (κ2) is 5.99. The zero-order chi connectivity index (χ0) is 9.80. The van der Waals surface area contributed by atoms with Crippen molar-refractivity contribution in [2.45, 2.75) is 13.3 Å². The summed E-state index contributed by atoms with van der Waals surface area (Å²) in [7, 11) is 0. The minimum atomic E-state index is 0. The molecule has 1 aromatic carbocycles. The van der Waals surface area contributed by atoms with Crippen molar-refractivity contribution in [3.05, 3.63) is 29.8 Å². The number of halogens is 1. The first kappa shape index (κ1) is 12.3. The molecular formula is C12H18ClNO. The third kappa shape index (κ3) is 3.73. The molecule has 3 heteroatoms. The molecule has 0 aliphatic carbocycles. The van der Waals surface area contributed by atoms with Gasteiger partial charge in [0.2, 0.25) is 0 Å². The molecular weight excluding hydrogens is 210 g/mol. The van der Waals surface area contributed by atoms with Gasteiger partial charge in [-0.05, 0) is 37.6 Å². The van der Waals surface area contributed by atoms with E-state index in [2.05, 4.69) is 24.4 Å². The summed E-state index contributed by atoms with van der Waals surface area (Å²) in [6.07, 6.45) is 1.24. The zero-order valence-corrected chi connectivity index (χ0v) is 9.85. The second-order valence-electron chi connectivity index (χ2n) is 3.99. The minimum absolute atomic E-state index is 0. The summed E-state index contributed by atoms with van der Waals surface area (Å²) in [5.41, 5.74) is 1.26. The topological polar surface area (TPSA) is 21.3 Å². The Hall–Kier alpha value is -0.730. The molecule has 0 bridgehead atoms. The van der Waals surface area contributed by atoms with Crippen LogP contribution in [0.5, 0.6) is 5.75 Å². The van der Waals surface area contributed by atoms with E-state index in [0.717, 1.165) is 25.4 Å². The number of aryl methyl sites for hydroxylation is 1. The molecule has 1 N–H and O–H groups in total. The van der Waals surface area contributed by atoms with Gasteiger partial charge in [0.15, 0.2) is 0 Å². The maximum atomic E-state index is 5.73. The Balaban J connectivity index is 0.00000112. The maximum Gasteiger partial charge on any atom is 0.119 e. The summed E-state index contributed by atoms with van der Waals surface area (Å²) in [6.45, 7) is 5.17. The van der Waals surface area contributed by atoms with Crippen LogP contribution in [-0.4, -0.2) is 19.7 Å². The van der Waals surface area contributed by atoms with Gasteiger partial charge in [-0.1, -0.05) is 12.1 Å². The van der Waals surface area contributed by atoms with Crippen molar-refractivity contribution in [3.63, 3.8) is 0 Å². The van der Waals surface area contributed by atoms with Gasteiger partial charge in [-0.3, -0.25) is 0 Å². The van der Waals surface area contributed by atoms with Gasteiger partial charge in [0.1, 0.15) is 5.75 Å². The first-order chi connectivity index (χ1) is 6.84. The van der Waals surface area contributed by atoms with E-state index in [1.54, 1.807) is 0 Å². The number of ether oxygens (including phenoxy) is 1. The predicted molar refractivity (Wildman–Crippen MR) is 64.9 cm³/mol. The van der Waals surface area contributed by atoms with E-state index in [0.29, 0.717) is 5.92 Å². The van der Waals surface area contributed by atoms with Crippen molar-refractivity contribution in [3.8, 4) is 5.75 Å². The highest BCUT2D eigenvalue weighted by Crippen LogP contribution is 2.15. The second-order valence-corrected chi connectivity index (χ2v) is 3.99. The quantitative estimate of drug-likeness (QED) is 0.857. The Labute approximate surface area is 97.4 Å². The summed E-state index contributed by atoms with van der Waals surface area (Å²) in [5.74, 6) is 1.69. The van der Waals surface area contributed by atoms with Crippen LogP contribution in [0.3, 0.4) is 0 Å². The van der Waals surface area contributed by atoms with Gasteiger partial charge in [0, 0.05) is 12.5 Å². The summed E-state index contributed by atoms with van der Waals surface area (Å²) in [6, 6.07) is 8.24. The minimum Gasteiger partial charge on any atom is -0.493 e. The molecule has 84 valence electrons. The Morgan fingerprint density at radius 2 is 2.33 bits per heavy atom. The first-order valence-electron chi connectivity index (χ1n) is 5.25. The Bertz CT molecular complexity index is 297. The summed E-state index contributed by atoms with van der Waals surface area (Å²) < 4.78 is 5.73. The fraction of sp³-hybridized carbons (Fsp3) is 0.500. The zero-order valence-electron chi connectivity index (χ0n) is 9.03. The van der Waals surface area contributed by atoms with Gasteiger partial charge in [0.05, 0.1) is 6.61 Å². The number of rotatable bonds is 3. The molecule has 0 aromatic heterocycles. The highest BCUT2D eigenvalue weighted by Gasteiger charge is 2.14. The summed E-state index contributed by atoms with van der Waals surface area (Å²) >= 11 is 0. The van der Waals surface area contributed by atoms with Crippen LogP contribution in [0.15, 0.2) is 24.3 Å². The van der Waals surface area contributed by atoms with E-state index >= 15 is 0 Å². The van der Waals surface area contributed by atoms with Crippen molar-refractivity contribution in [2.75, 3.05) is 19.7 Å². The van der Waals surface area contributed by atoms with Crippen molar-refractivity contribution >= 4 is 12.4 Å². The van der Waals surface area contributed by atoms with E-state index in [9.17, 15) is 0 Å². The smallest absolute Gasteiger partial charge is 0.119 e. The van der Waals surface area contributed by atoms with Crippen LogP contribution in [0.1, 0.15) is 12.0 Å². The van der Waals surface area contributed by atoms with Gasteiger partial charge in [-0.2, -0.15) is 0 Å². The van der Waals surface area contributed by atoms with E-state index in [4.69, 9.17) is 4.74 Å². The lowest BCUT2D eigenvalue weighted by Gasteiger charge is -2.10. The van der Waals surface area contributed by atoms with E-state index in [-0.39, 0.29) is 12.4 Å². The van der Waals surface area contributed by atoms with Gasteiger partial charge in [0.25, 0.3) is 0 Å². The molecule has 0 spiro atoms.